The van der Waals surface area contributed by atoms with Crippen molar-refractivity contribution in [2.75, 3.05) is 18.9 Å². The van der Waals surface area contributed by atoms with Gasteiger partial charge in [0.05, 0.1) is 5.69 Å². The number of rotatable bonds is 3. The number of benzene rings is 1. The van der Waals surface area contributed by atoms with Crippen molar-refractivity contribution in [3.05, 3.63) is 46.3 Å². The third kappa shape index (κ3) is 3.85. The molecular weight excluding hydrogens is 437 g/mol. The maximum atomic E-state index is 14.4. The molecule has 0 saturated carbocycles. The summed E-state index contributed by atoms with van der Waals surface area (Å²) in [7, 11) is 1.76. The van der Waals surface area contributed by atoms with E-state index < -0.39 is 0 Å². The van der Waals surface area contributed by atoms with Gasteiger partial charge in [0.1, 0.15) is 17.3 Å². The number of nitrogens with zero attached hydrogens (tertiary/aromatic N) is 4. The normalized spacial score (nSPS) is 17.4. The molecule has 2 aromatic heterocycles. The zero-order valence-electron chi connectivity index (χ0n) is 16.5. The molecule has 0 spiro atoms. The Bertz CT molecular complexity index is 1070. The smallest absolute Gasteiger partial charge is 0.272 e. The van der Waals surface area contributed by atoms with Crippen LogP contribution in [0.3, 0.4) is 0 Å². The molecule has 0 radical (unpaired) electrons. The zero-order valence-corrected chi connectivity index (χ0v) is 18.0. The predicted molar refractivity (Wildman–Crippen MR) is 115 cm³/mol. The molecular formula is C21H23BrFN5O. The van der Waals surface area contributed by atoms with Crippen molar-refractivity contribution in [1.29, 1.82) is 0 Å². The Kier molecular flexibility index (Phi) is 5.54. The Morgan fingerprint density at radius 3 is 2.83 bits per heavy atom. The van der Waals surface area contributed by atoms with Gasteiger partial charge in [0.25, 0.3) is 5.91 Å². The first-order valence-corrected chi connectivity index (χ1v) is 10.6. The van der Waals surface area contributed by atoms with E-state index >= 15 is 0 Å². The molecule has 1 atom stereocenters. The fourth-order valence-electron chi connectivity index (χ4n) is 3.81. The summed E-state index contributed by atoms with van der Waals surface area (Å²) >= 11 is 3.27. The van der Waals surface area contributed by atoms with Crippen molar-refractivity contribution >= 4 is 33.3 Å². The van der Waals surface area contributed by atoms with Crippen molar-refractivity contribution in [2.24, 2.45) is 0 Å². The quantitative estimate of drug-likeness (QED) is 0.613. The molecule has 1 aliphatic heterocycles. The average Bonchev–Trinajstić information content (AvgIpc) is 3.01. The SMILES string of the molecule is CNc1cc(C(=O)N2CCCCC[C@H]2C)nc2cc(-c3ccc(Br)cc3F)nn12. The minimum Gasteiger partial charge on any atom is -0.373 e. The van der Waals surface area contributed by atoms with E-state index in [9.17, 15) is 9.18 Å². The van der Waals surface area contributed by atoms with Crippen molar-refractivity contribution in [1.82, 2.24) is 19.5 Å². The Morgan fingerprint density at radius 1 is 1.24 bits per heavy atom. The second-order valence-corrected chi connectivity index (χ2v) is 8.31. The third-order valence-corrected chi connectivity index (χ3v) is 5.92. The fraction of sp³-hybridized carbons (Fsp3) is 0.381. The van der Waals surface area contributed by atoms with E-state index in [0.717, 1.165) is 32.2 Å². The number of anilines is 1. The number of hydrogen-bond acceptors (Lipinski definition) is 4. The molecule has 1 aromatic carbocycles. The lowest BCUT2D eigenvalue weighted by molar-refractivity contribution is 0.0692. The lowest BCUT2D eigenvalue weighted by atomic mass is 10.1. The fourth-order valence-corrected chi connectivity index (χ4v) is 4.15. The average molecular weight is 460 g/mol. The van der Waals surface area contributed by atoms with E-state index in [-0.39, 0.29) is 17.8 Å². The van der Waals surface area contributed by atoms with Crippen LogP contribution in [0, 0.1) is 5.82 Å². The minimum atomic E-state index is -0.372. The van der Waals surface area contributed by atoms with Crippen molar-refractivity contribution in [2.45, 2.75) is 38.6 Å². The largest absolute Gasteiger partial charge is 0.373 e. The van der Waals surface area contributed by atoms with Crippen LogP contribution < -0.4 is 5.32 Å². The van der Waals surface area contributed by atoms with E-state index in [1.807, 2.05) is 4.90 Å². The number of carbonyl (C=O) groups excluding carboxylic acids is 1. The van der Waals surface area contributed by atoms with E-state index in [1.54, 1.807) is 35.8 Å². The summed E-state index contributed by atoms with van der Waals surface area (Å²) in [6.45, 7) is 2.84. The highest BCUT2D eigenvalue weighted by atomic mass is 79.9. The molecule has 3 aromatic rings. The number of hydrogen-bond donors (Lipinski definition) is 1. The monoisotopic (exact) mass is 459 g/mol. The zero-order chi connectivity index (χ0) is 20.5. The van der Waals surface area contributed by atoms with Crippen molar-refractivity contribution < 1.29 is 9.18 Å². The van der Waals surface area contributed by atoms with Crippen LogP contribution in [0.1, 0.15) is 43.1 Å². The molecule has 1 aliphatic rings. The van der Waals surface area contributed by atoms with E-state index in [2.05, 4.69) is 38.3 Å². The third-order valence-electron chi connectivity index (χ3n) is 5.42. The Morgan fingerprint density at radius 2 is 2.07 bits per heavy atom. The van der Waals surface area contributed by atoms with Gasteiger partial charge in [0.15, 0.2) is 5.65 Å². The van der Waals surface area contributed by atoms with Crippen LogP contribution in [0.4, 0.5) is 10.2 Å². The van der Waals surface area contributed by atoms with Crippen molar-refractivity contribution in [3.63, 3.8) is 0 Å². The molecule has 4 rings (SSSR count). The molecule has 0 unspecified atom stereocenters. The van der Waals surface area contributed by atoms with Crippen LogP contribution in [0.15, 0.2) is 34.8 Å². The van der Waals surface area contributed by atoms with Gasteiger partial charge in [0.2, 0.25) is 0 Å². The highest BCUT2D eigenvalue weighted by Crippen LogP contribution is 2.27. The van der Waals surface area contributed by atoms with Crippen LogP contribution in [0.5, 0.6) is 0 Å². The summed E-state index contributed by atoms with van der Waals surface area (Å²) in [6, 6.07) is 8.45. The van der Waals surface area contributed by atoms with Crippen LogP contribution in [0.25, 0.3) is 16.9 Å². The molecule has 29 heavy (non-hydrogen) atoms. The lowest BCUT2D eigenvalue weighted by Gasteiger charge is -2.27. The summed E-state index contributed by atoms with van der Waals surface area (Å²) < 4.78 is 16.7. The standard InChI is InChI=1S/C21H23BrFN5O/c1-13-6-4-3-5-9-27(13)21(29)18-12-19(24-2)28-20(25-18)11-17(26-28)15-8-7-14(22)10-16(15)23/h7-8,10-13,24H,3-6,9H2,1-2H3/t13-/m1/s1. The number of likely N-dealkylation sites (tertiary alicyclic amines) is 1. The van der Waals surface area contributed by atoms with E-state index in [0.29, 0.717) is 32.9 Å². The molecule has 3 heterocycles. The highest BCUT2D eigenvalue weighted by Gasteiger charge is 2.25. The van der Waals surface area contributed by atoms with Gasteiger partial charge < -0.3 is 10.2 Å². The van der Waals surface area contributed by atoms with Crippen molar-refractivity contribution in [3.8, 4) is 11.3 Å². The predicted octanol–water partition coefficient (Wildman–Crippen LogP) is 4.74. The van der Waals surface area contributed by atoms with Gasteiger partial charge in [-0.05, 0) is 38.0 Å². The topological polar surface area (TPSA) is 62.5 Å². The molecule has 152 valence electrons. The molecule has 0 bridgehead atoms. The molecule has 1 N–H and O–H groups in total. The lowest BCUT2D eigenvalue weighted by Crippen LogP contribution is -2.38. The van der Waals surface area contributed by atoms with Gasteiger partial charge in [-0.1, -0.05) is 28.8 Å². The van der Waals surface area contributed by atoms with Gasteiger partial charge in [-0.25, -0.2) is 9.37 Å². The minimum absolute atomic E-state index is 0.0732. The molecule has 1 amide bonds. The maximum absolute atomic E-state index is 14.4. The van der Waals surface area contributed by atoms with Gasteiger partial charge in [0, 0.05) is 41.8 Å². The molecule has 0 aliphatic carbocycles. The second kappa shape index (κ2) is 8.10. The second-order valence-electron chi connectivity index (χ2n) is 7.40. The Balaban J connectivity index is 1.76. The first-order valence-electron chi connectivity index (χ1n) is 9.83. The van der Waals surface area contributed by atoms with Crippen LogP contribution in [-0.4, -0.2) is 45.0 Å². The van der Waals surface area contributed by atoms with Gasteiger partial charge >= 0.3 is 0 Å². The highest BCUT2D eigenvalue weighted by molar-refractivity contribution is 9.10. The van der Waals surface area contributed by atoms with E-state index in [1.165, 1.54) is 6.07 Å². The summed E-state index contributed by atoms with van der Waals surface area (Å²) in [4.78, 5) is 19.7. The summed E-state index contributed by atoms with van der Waals surface area (Å²) in [5.41, 5.74) is 1.72. The number of nitrogens with one attached hydrogen (secondary N) is 1. The summed E-state index contributed by atoms with van der Waals surface area (Å²) in [6.07, 6.45) is 4.31. The number of halogens is 2. The molecule has 1 fully saturated rings. The van der Waals surface area contributed by atoms with Gasteiger partial charge in [-0.2, -0.15) is 9.61 Å². The van der Waals surface area contributed by atoms with Gasteiger partial charge in [-0.3, -0.25) is 4.79 Å². The Hall–Kier alpha value is -2.48. The molecule has 6 nitrogen and oxygen atoms in total. The van der Waals surface area contributed by atoms with E-state index in [4.69, 9.17) is 0 Å². The first-order chi connectivity index (χ1) is 14.0. The number of carbonyl (C=O) groups is 1. The summed E-state index contributed by atoms with van der Waals surface area (Å²) in [5.74, 6) is 0.184. The molecule has 1 saturated heterocycles. The number of fused-ring (bicyclic) bond motifs is 1. The number of amides is 1. The van der Waals surface area contributed by atoms with Crippen LogP contribution in [-0.2, 0) is 0 Å². The summed E-state index contributed by atoms with van der Waals surface area (Å²) in [5, 5.41) is 7.57. The first kappa shape index (κ1) is 19.8. The maximum Gasteiger partial charge on any atom is 0.272 e. The Labute approximate surface area is 177 Å². The number of aromatic nitrogens is 3. The van der Waals surface area contributed by atoms with Crippen LogP contribution in [0.2, 0.25) is 0 Å². The van der Waals surface area contributed by atoms with Gasteiger partial charge in [-0.15, -0.1) is 0 Å². The molecule has 8 heteroatoms. The van der Waals surface area contributed by atoms with Crippen LogP contribution >= 0.6 is 15.9 Å².